The van der Waals surface area contributed by atoms with Crippen LogP contribution in [0.4, 0.5) is 0 Å². The van der Waals surface area contributed by atoms with Crippen molar-refractivity contribution in [3.8, 4) is 0 Å². The Balaban J connectivity index is -0.000000869. The molecule has 0 N–H and O–H groups in total. The van der Waals surface area contributed by atoms with Crippen LogP contribution in [0.25, 0.3) is 0 Å². The highest BCUT2D eigenvalue weighted by atomic mass is 16.2. The van der Waals surface area contributed by atoms with Crippen LogP contribution in [0.2, 0.25) is 0 Å². The van der Waals surface area contributed by atoms with Gasteiger partial charge in [0.05, 0.1) is 5.57 Å². The lowest BCUT2D eigenvalue weighted by atomic mass is 9.83. The number of hydrogen-bond acceptors (Lipinski definition) is 3. The molecule has 1 aliphatic carbocycles. The molecule has 0 aromatic carbocycles. The van der Waals surface area contributed by atoms with Crippen LogP contribution in [-0.2, 0) is 14.4 Å². The SMILES string of the molecule is CC.CC.CC.CC(=O)/C(=C/C=C/C1CCC(C)CC1)C(=O)N(C)C(C)=O. The highest BCUT2D eigenvalue weighted by Crippen LogP contribution is 2.28. The summed E-state index contributed by atoms with van der Waals surface area (Å²) in [4.78, 5) is 35.8. The molecule has 0 atom stereocenters. The molecule has 0 radical (unpaired) electrons. The standard InChI is InChI=1S/C17H25NO3.3C2H6/c1-12-8-10-15(11-9-12)6-5-7-16(13(2)19)17(21)18(4)14(3)20;3*1-2/h5-7,12,15H,8-11H2,1-4H3;3*1-2H3/b6-5+,16-7-;;;. The van der Waals surface area contributed by atoms with Gasteiger partial charge in [0, 0.05) is 14.0 Å². The summed E-state index contributed by atoms with van der Waals surface area (Å²) in [7, 11) is 1.38. The molecule has 1 saturated carbocycles. The number of likely N-dealkylation sites (N-methyl/N-ethyl adjacent to an activating group) is 1. The Morgan fingerprint density at radius 2 is 1.30 bits per heavy atom. The summed E-state index contributed by atoms with van der Waals surface area (Å²) in [6, 6.07) is 0. The van der Waals surface area contributed by atoms with Crippen molar-refractivity contribution in [2.24, 2.45) is 11.8 Å². The zero-order chi connectivity index (χ0) is 22.0. The summed E-state index contributed by atoms with van der Waals surface area (Å²) >= 11 is 0. The van der Waals surface area contributed by atoms with E-state index in [-0.39, 0.29) is 17.3 Å². The minimum Gasteiger partial charge on any atom is -0.294 e. The second-order valence-electron chi connectivity index (χ2n) is 5.92. The van der Waals surface area contributed by atoms with E-state index in [0.717, 1.165) is 23.7 Å². The van der Waals surface area contributed by atoms with Crippen molar-refractivity contribution >= 4 is 17.6 Å². The lowest BCUT2D eigenvalue weighted by Crippen LogP contribution is -2.33. The molecule has 0 heterocycles. The van der Waals surface area contributed by atoms with Gasteiger partial charge in [0.15, 0.2) is 5.78 Å². The minimum absolute atomic E-state index is 0.0492. The van der Waals surface area contributed by atoms with Crippen molar-refractivity contribution in [2.45, 2.75) is 88.0 Å². The Bertz CT molecular complexity index is 470. The minimum atomic E-state index is -0.545. The van der Waals surface area contributed by atoms with Crippen molar-refractivity contribution in [1.29, 1.82) is 0 Å². The molecular weight excluding hydrogens is 338 g/mol. The van der Waals surface area contributed by atoms with Gasteiger partial charge >= 0.3 is 0 Å². The lowest BCUT2D eigenvalue weighted by Gasteiger charge is -2.23. The Kier molecular flexibility index (Phi) is 21.2. The van der Waals surface area contributed by atoms with E-state index in [2.05, 4.69) is 13.0 Å². The first kappa shape index (κ1) is 30.0. The maximum absolute atomic E-state index is 12.0. The number of amides is 2. The van der Waals surface area contributed by atoms with Gasteiger partial charge in [-0.05, 0) is 37.7 Å². The van der Waals surface area contributed by atoms with Crippen molar-refractivity contribution in [2.75, 3.05) is 7.05 Å². The summed E-state index contributed by atoms with van der Waals surface area (Å²) < 4.78 is 0. The number of carbonyl (C=O) groups is 3. The maximum Gasteiger partial charge on any atom is 0.263 e. The molecule has 2 amide bonds. The number of Topliss-reactive ketones (excluding diaryl/α,β-unsaturated/α-hetero) is 1. The van der Waals surface area contributed by atoms with Gasteiger partial charge in [-0.2, -0.15) is 0 Å². The van der Waals surface area contributed by atoms with E-state index < -0.39 is 5.91 Å². The summed E-state index contributed by atoms with van der Waals surface area (Å²) in [5, 5.41) is 0. The molecule has 4 heteroatoms. The predicted molar refractivity (Wildman–Crippen MR) is 117 cm³/mol. The summed E-state index contributed by atoms with van der Waals surface area (Å²) in [5.74, 6) is 0.0689. The molecular formula is C23H43NO3. The Morgan fingerprint density at radius 1 is 0.852 bits per heavy atom. The normalized spacial score (nSPS) is 18.7. The highest BCUT2D eigenvalue weighted by Gasteiger charge is 2.20. The molecule has 0 aromatic heterocycles. The molecule has 4 nitrogen and oxygen atoms in total. The van der Waals surface area contributed by atoms with Crippen LogP contribution < -0.4 is 0 Å². The number of allylic oxidation sites excluding steroid dienone is 3. The van der Waals surface area contributed by atoms with Crippen molar-refractivity contribution < 1.29 is 14.4 Å². The van der Waals surface area contributed by atoms with Gasteiger partial charge in [-0.3, -0.25) is 19.3 Å². The van der Waals surface area contributed by atoms with Crippen molar-refractivity contribution in [3.63, 3.8) is 0 Å². The maximum atomic E-state index is 12.0. The van der Waals surface area contributed by atoms with Crippen LogP contribution in [-0.4, -0.2) is 29.5 Å². The molecule has 0 unspecified atom stereocenters. The molecule has 1 fully saturated rings. The predicted octanol–water partition coefficient (Wildman–Crippen LogP) is 5.97. The van der Waals surface area contributed by atoms with E-state index in [4.69, 9.17) is 0 Å². The van der Waals surface area contributed by atoms with Crippen molar-refractivity contribution in [3.05, 3.63) is 23.8 Å². The molecule has 0 aliphatic heterocycles. The zero-order valence-electron chi connectivity index (χ0n) is 19.4. The fourth-order valence-corrected chi connectivity index (χ4v) is 2.45. The molecule has 1 rings (SSSR count). The van der Waals surface area contributed by atoms with Gasteiger partial charge in [0.25, 0.3) is 5.91 Å². The van der Waals surface area contributed by atoms with Gasteiger partial charge in [-0.15, -0.1) is 0 Å². The number of nitrogens with zero attached hydrogens (tertiary/aromatic N) is 1. The molecule has 0 saturated heterocycles. The monoisotopic (exact) mass is 381 g/mol. The lowest BCUT2D eigenvalue weighted by molar-refractivity contribution is -0.139. The number of hydrogen-bond donors (Lipinski definition) is 0. The first-order valence-corrected chi connectivity index (χ1v) is 10.5. The first-order valence-electron chi connectivity index (χ1n) is 10.5. The Morgan fingerprint density at radius 3 is 1.67 bits per heavy atom. The topological polar surface area (TPSA) is 54.5 Å². The highest BCUT2D eigenvalue weighted by molar-refractivity contribution is 6.21. The van der Waals surface area contributed by atoms with Crippen LogP contribution in [0.3, 0.4) is 0 Å². The Hall–Kier alpha value is -1.71. The summed E-state index contributed by atoms with van der Waals surface area (Å²) in [6.45, 7) is 16.9. The second kappa shape index (κ2) is 19.1. The first-order chi connectivity index (χ1) is 12.8. The van der Waals surface area contributed by atoms with E-state index in [1.54, 1.807) is 6.08 Å². The van der Waals surface area contributed by atoms with Gasteiger partial charge in [0.1, 0.15) is 0 Å². The van der Waals surface area contributed by atoms with E-state index in [0.29, 0.717) is 5.92 Å². The smallest absolute Gasteiger partial charge is 0.263 e. The van der Waals surface area contributed by atoms with Gasteiger partial charge in [0.2, 0.25) is 5.91 Å². The number of ketones is 1. The van der Waals surface area contributed by atoms with E-state index in [1.807, 2.05) is 41.5 Å². The van der Waals surface area contributed by atoms with Crippen LogP contribution >= 0.6 is 0 Å². The van der Waals surface area contributed by atoms with Crippen LogP contribution in [0.15, 0.2) is 23.8 Å². The number of rotatable bonds is 4. The van der Waals surface area contributed by atoms with Crippen LogP contribution in [0, 0.1) is 11.8 Å². The molecule has 0 bridgehead atoms. The third-order valence-electron chi connectivity index (χ3n) is 4.09. The average Bonchev–Trinajstić information content (AvgIpc) is 2.70. The molecule has 0 aromatic rings. The van der Waals surface area contributed by atoms with E-state index >= 15 is 0 Å². The third kappa shape index (κ3) is 13.2. The largest absolute Gasteiger partial charge is 0.294 e. The van der Waals surface area contributed by atoms with E-state index in [9.17, 15) is 14.4 Å². The quantitative estimate of drug-likeness (QED) is 0.261. The third-order valence-corrected chi connectivity index (χ3v) is 4.09. The Labute approximate surface area is 168 Å². The molecule has 27 heavy (non-hydrogen) atoms. The number of imide groups is 1. The zero-order valence-corrected chi connectivity index (χ0v) is 19.4. The second-order valence-corrected chi connectivity index (χ2v) is 5.92. The van der Waals surface area contributed by atoms with Crippen molar-refractivity contribution in [1.82, 2.24) is 4.90 Å². The fourth-order valence-electron chi connectivity index (χ4n) is 2.45. The average molecular weight is 382 g/mol. The number of carbonyl (C=O) groups excluding carboxylic acids is 3. The molecule has 1 aliphatic rings. The fraction of sp³-hybridized carbons (Fsp3) is 0.696. The summed E-state index contributed by atoms with van der Waals surface area (Å²) in [5.41, 5.74) is 0.0492. The summed E-state index contributed by atoms with van der Waals surface area (Å²) in [6.07, 6.45) is 10.1. The van der Waals surface area contributed by atoms with Gasteiger partial charge < -0.3 is 0 Å². The van der Waals surface area contributed by atoms with E-state index in [1.165, 1.54) is 39.8 Å². The molecule has 0 spiro atoms. The molecule has 158 valence electrons. The van der Waals surface area contributed by atoms with Crippen LogP contribution in [0.5, 0.6) is 0 Å². The van der Waals surface area contributed by atoms with Gasteiger partial charge in [-0.25, -0.2) is 0 Å². The van der Waals surface area contributed by atoms with Crippen LogP contribution in [0.1, 0.15) is 88.0 Å². The van der Waals surface area contributed by atoms with Gasteiger partial charge in [-0.1, -0.05) is 73.5 Å².